The Morgan fingerprint density at radius 2 is 2.04 bits per heavy atom. The van der Waals surface area contributed by atoms with Crippen LogP contribution in [0.2, 0.25) is 0 Å². The van der Waals surface area contributed by atoms with E-state index in [1.807, 2.05) is 24.3 Å². The number of anilines is 2. The van der Waals surface area contributed by atoms with E-state index in [9.17, 15) is 8.78 Å². The van der Waals surface area contributed by atoms with Gasteiger partial charge in [0, 0.05) is 56.1 Å². The Hall–Kier alpha value is -2.74. The minimum Gasteiger partial charge on any atom is -0.379 e. The molecule has 28 heavy (non-hydrogen) atoms. The molecule has 0 amide bonds. The van der Waals surface area contributed by atoms with Crippen molar-refractivity contribution in [3.8, 4) is 0 Å². The number of alkyl halides is 2. The number of pyridine rings is 2. The van der Waals surface area contributed by atoms with Gasteiger partial charge in [-0.1, -0.05) is 6.07 Å². The van der Waals surface area contributed by atoms with Gasteiger partial charge < -0.3 is 20.5 Å². The van der Waals surface area contributed by atoms with Crippen molar-refractivity contribution in [1.29, 1.82) is 0 Å². The number of fused-ring (bicyclic) bond motifs is 1. The predicted octanol–water partition coefficient (Wildman–Crippen LogP) is 3.10. The summed E-state index contributed by atoms with van der Waals surface area (Å²) in [5.74, 6) is -2.36. The monoisotopic (exact) mass is 384 g/mol. The fourth-order valence-corrected chi connectivity index (χ4v) is 3.88. The molecule has 146 valence electrons. The normalized spacial score (nSPS) is 21.1. The quantitative estimate of drug-likeness (QED) is 0.631. The second-order valence-corrected chi connectivity index (χ2v) is 7.42. The van der Waals surface area contributed by atoms with E-state index in [2.05, 4.69) is 25.5 Å². The maximum atomic E-state index is 13.6. The first kappa shape index (κ1) is 17.4. The number of hydrogen-bond acceptors (Lipinski definition) is 5. The van der Waals surface area contributed by atoms with Crippen LogP contribution in [0.3, 0.4) is 0 Å². The number of aromatic nitrogens is 3. The molecule has 2 aliphatic rings. The molecule has 1 aliphatic carbocycles. The zero-order valence-corrected chi connectivity index (χ0v) is 15.4. The third-order valence-electron chi connectivity index (χ3n) is 5.50. The van der Waals surface area contributed by atoms with Crippen LogP contribution in [0.5, 0.6) is 0 Å². The average Bonchev–Trinajstić information content (AvgIpc) is 3.15. The largest absolute Gasteiger partial charge is 0.379 e. The van der Waals surface area contributed by atoms with Crippen LogP contribution in [0, 0.1) is 0 Å². The van der Waals surface area contributed by atoms with E-state index in [-0.39, 0.29) is 6.42 Å². The lowest BCUT2D eigenvalue weighted by Crippen LogP contribution is -2.43. The summed E-state index contributed by atoms with van der Waals surface area (Å²) in [7, 11) is 0. The smallest absolute Gasteiger partial charge is 0.256 e. The van der Waals surface area contributed by atoms with Crippen LogP contribution in [0.15, 0.2) is 36.7 Å². The van der Waals surface area contributed by atoms with Gasteiger partial charge in [-0.15, -0.1) is 0 Å². The lowest BCUT2D eigenvalue weighted by molar-refractivity contribution is 0.112. The summed E-state index contributed by atoms with van der Waals surface area (Å²) < 4.78 is 27.2. The van der Waals surface area contributed by atoms with Gasteiger partial charge in [-0.05, 0) is 23.8 Å². The maximum Gasteiger partial charge on any atom is 0.256 e. The number of halogens is 2. The predicted molar refractivity (Wildman–Crippen MR) is 105 cm³/mol. The number of rotatable bonds is 5. The van der Waals surface area contributed by atoms with E-state index in [0.717, 1.165) is 48.8 Å². The third kappa shape index (κ3) is 3.17. The van der Waals surface area contributed by atoms with E-state index >= 15 is 0 Å². The molecule has 1 atom stereocenters. The van der Waals surface area contributed by atoms with Crippen molar-refractivity contribution < 1.29 is 8.78 Å². The second kappa shape index (κ2) is 6.70. The lowest BCUT2D eigenvalue weighted by Gasteiger charge is -2.28. The minimum absolute atomic E-state index is 0.0947. The molecule has 4 heterocycles. The minimum atomic E-state index is -2.61. The second-order valence-electron chi connectivity index (χ2n) is 7.42. The van der Waals surface area contributed by atoms with E-state index < -0.39 is 11.8 Å². The van der Waals surface area contributed by atoms with Crippen LogP contribution in [0.25, 0.3) is 11.0 Å². The number of piperazine rings is 1. The van der Waals surface area contributed by atoms with Crippen molar-refractivity contribution in [2.24, 2.45) is 0 Å². The van der Waals surface area contributed by atoms with Crippen LogP contribution in [-0.2, 0) is 6.54 Å². The van der Waals surface area contributed by atoms with Crippen molar-refractivity contribution in [3.05, 3.63) is 47.9 Å². The molecule has 3 N–H and O–H groups in total. The van der Waals surface area contributed by atoms with Crippen molar-refractivity contribution in [1.82, 2.24) is 20.3 Å². The SMILES string of the molecule is FC1(F)CC1c1c[nH]c2nccc(NCc3cccc(N4CCNCC4)n3)c12. The third-order valence-corrected chi connectivity index (χ3v) is 5.50. The molecule has 1 unspecified atom stereocenters. The van der Waals surface area contributed by atoms with Gasteiger partial charge in [0.05, 0.1) is 18.2 Å². The molecule has 2 fully saturated rings. The molecular weight excluding hydrogens is 362 g/mol. The summed E-state index contributed by atoms with van der Waals surface area (Å²) in [5, 5.41) is 7.47. The van der Waals surface area contributed by atoms with Crippen molar-refractivity contribution in [2.45, 2.75) is 24.8 Å². The van der Waals surface area contributed by atoms with Gasteiger partial charge in [0.15, 0.2) is 0 Å². The van der Waals surface area contributed by atoms with E-state index in [1.165, 1.54) is 0 Å². The zero-order valence-electron chi connectivity index (χ0n) is 15.4. The van der Waals surface area contributed by atoms with Crippen LogP contribution < -0.4 is 15.5 Å². The molecule has 1 aliphatic heterocycles. The fraction of sp³-hybridized carbons (Fsp3) is 0.400. The molecule has 8 heteroatoms. The van der Waals surface area contributed by atoms with Crippen molar-refractivity contribution >= 4 is 22.5 Å². The molecule has 3 aromatic heterocycles. The zero-order chi connectivity index (χ0) is 19.1. The van der Waals surface area contributed by atoms with Gasteiger partial charge in [0.25, 0.3) is 5.92 Å². The highest BCUT2D eigenvalue weighted by molar-refractivity contribution is 5.93. The summed E-state index contributed by atoms with van der Waals surface area (Å²) >= 11 is 0. The molecule has 6 nitrogen and oxygen atoms in total. The Kier molecular flexibility index (Phi) is 4.16. The van der Waals surface area contributed by atoms with Crippen molar-refractivity contribution in [3.63, 3.8) is 0 Å². The highest BCUT2D eigenvalue weighted by Gasteiger charge is 2.58. The summed E-state index contributed by atoms with van der Waals surface area (Å²) in [6.45, 7) is 4.32. The Labute approximate surface area is 161 Å². The highest BCUT2D eigenvalue weighted by atomic mass is 19.3. The Balaban J connectivity index is 1.37. The molecule has 1 saturated carbocycles. The summed E-state index contributed by atoms with van der Waals surface area (Å²) in [6.07, 6.45) is 3.25. The topological polar surface area (TPSA) is 68.9 Å². The first-order chi connectivity index (χ1) is 13.6. The number of hydrogen-bond donors (Lipinski definition) is 3. The lowest BCUT2D eigenvalue weighted by atomic mass is 10.1. The number of H-pyrrole nitrogens is 1. The Morgan fingerprint density at radius 3 is 2.82 bits per heavy atom. The van der Waals surface area contributed by atoms with Gasteiger partial charge in [-0.25, -0.2) is 18.7 Å². The first-order valence-electron chi connectivity index (χ1n) is 9.61. The molecule has 0 spiro atoms. The first-order valence-corrected chi connectivity index (χ1v) is 9.61. The van der Waals surface area contributed by atoms with E-state index in [1.54, 1.807) is 12.4 Å². The molecule has 5 rings (SSSR count). The summed E-state index contributed by atoms with van der Waals surface area (Å²) in [6, 6.07) is 7.85. The number of nitrogens with zero attached hydrogens (tertiary/aromatic N) is 3. The number of aromatic amines is 1. The molecule has 0 radical (unpaired) electrons. The van der Waals surface area contributed by atoms with Crippen LogP contribution in [0.1, 0.15) is 23.6 Å². The average molecular weight is 384 g/mol. The Bertz CT molecular complexity index is 995. The standard InChI is InChI=1S/C20H22F2N6/c21-20(22)10-15(20)14-12-26-19-18(14)16(4-5-24-19)25-11-13-2-1-3-17(27-13)28-8-6-23-7-9-28/h1-5,12,15,23H,6-11H2,(H2,24,25,26). The molecule has 3 aromatic rings. The summed E-state index contributed by atoms with van der Waals surface area (Å²) in [5.41, 5.74) is 2.98. The Morgan fingerprint density at radius 1 is 1.21 bits per heavy atom. The van der Waals surface area contributed by atoms with Crippen LogP contribution in [0.4, 0.5) is 20.3 Å². The highest BCUT2D eigenvalue weighted by Crippen LogP contribution is 2.57. The van der Waals surface area contributed by atoms with Gasteiger partial charge in [0.1, 0.15) is 11.5 Å². The van der Waals surface area contributed by atoms with E-state index in [0.29, 0.717) is 17.8 Å². The molecule has 1 saturated heterocycles. The molecule has 0 bridgehead atoms. The van der Waals surface area contributed by atoms with Gasteiger partial charge >= 0.3 is 0 Å². The van der Waals surface area contributed by atoms with Gasteiger partial charge in [-0.3, -0.25) is 0 Å². The van der Waals surface area contributed by atoms with Gasteiger partial charge in [0.2, 0.25) is 0 Å². The van der Waals surface area contributed by atoms with Crippen molar-refractivity contribution in [2.75, 3.05) is 36.4 Å². The number of nitrogens with one attached hydrogen (secondary N) is 3. The fourth-order valence-electron chi connectivity index (χ4n) is 3.88. The van der Waals surface area contributed by atoms with Gasteiger partial charge in [-0.2, -0.15) is 0 Å². The molecule has 0 aromatic carbocycles. The van der Waals surface area contributed by atoms with Crippen LogP contribution >= 0.6 is 0 Å². The van der Waals surface area contributed by atoms with Crippen LogP contribution in [-0.4, -0.2) is 47.1 Å². The summed E-state index contributed by atoms with van der Waals surface area (Å²) in [4.78, 5) is 14.3. The maximum absolute atomic E-state index is 13.6. The van der Waals surface area contributed by atoms with E-state index in [4.69, 9.17) is 4.98 Å². The molecular formula is C20H22F2N6.